The first-order valence-electron chi connectivity index (χ1n) is 7.81. The monoisotopic (exact) mass is 307 g/mol. The maximum absolute atomic E-state index is 11.7. The quantitative estimate of drug-likeness (QED) is 0.920. The molecule has 1 aromatic rings. The number of nitrogens with zero attached hydrogens (tertiary/aromatic N) is 1. The van der Waals surface area contributed by atoms with Gasteiger partial charge in [-0.05, 0) is 61.9 Å². The number of fused-ring (bicyclic) bond motifs is 1. The van der Waals surface area contributed by atoms with Gasteiger partial charge in [0.1, 0.15) is 0 Å². The molecular weight excluding hydrogens is 286 g/mol. The lowest BCUT2D eigenvalue weighted by atomic mass is 9.77. The van der Waals surface area contributed by atoms with E-state index in [-0.39, 0.29) is 0 Å². The third-order valence-corrected chi connectivity index (χ3v) is 5.56. The number of likely N-dealkylation sites (tertiary alicyclic amines) is 1. The van der Waals surface area contributed by atoms with Crippen molar-refractivity contribution in [1.82, 2.24) is 4.90 Å². The molecule has 2 aliphatic rings. The molecule has 0 spiro atoms. The molecule has 1 N–H and O–H groups in total. The molecular formula is C17H22ClNO2. The van der Waals surface area contributed by atoms with Gasteiger partial charge < -0.3 is 5.11 Å². The minimum absolute atomic E-state index is 0.364. The van der Waals surface area contributed by atoms with Crippen LogP contribution < -0.4 is 0 Å². The second-order valence-corrected chi connectivity index (χ2v) is 6.85. The Morgan fingerprint density at radius 3 is 3.05 bits per heavy atom. The van der Waals surface area contributed by atoms with E-state index in [2.05, 4.69) is 17.0 Å². The van der Waals surface area contributed by atoms with Gasteiger partial charge in [-0.25, -0.2) is 0 Å². The lowest BCUT2D eigenvalue weighted by Gasteiger charge is -2.42. The van der Waals surface area contributed by atoms with Crippen molar-refractivity contribution in [2.75, 3.05) is 13.1 Å². The van der Waals surface area contributed by atoms with Crippen LogP contribution in [0.3, 0.4) is 0 Å². The molecule has 0 amide bonds. The lowest BCUT2D eigenvalue weighted by molar-refractivity contribution is -0.153. The summed E-state index contributed by atoms with van der Waals surface area (Å²) in [4.78, 5) is 14.1. The number of carboxylic acid groups (broad SMARTS) is 1. The summed E-state index contributed by atoms with van der Waals surface area (Å²) in [5.41, 5.74) is 2.11. The number of carboxylic acids is 1. The van der Waals surface area contributed by atoms with E-state index in [9.17, 15) is 9.90 Å². The van der Waals surface area contributed by atoms with Gasteiger partial charge in [0.25, 0.3) is 0 Å². The van der Waals surface area contributed by atoms with Crippen LogP contribution in [0.25, 0.3) is 0 Å². The molecule has 0 saturated carbocycles. The molecule has 1 saturated heterocycles. The van der Waals surface area contributed by atoms with E-state index in [0.717, 1.165) is 37.3 Å². The molecule has 21 heavy (non-hydrogen) atoms. The van der Waals surface area contributed by atoms with Crippen molar-refractivity contribution in [3.63, 3.8) is 0 Å². The molecule has 1 fully saturated rings. The number of aryl methyl sites for hydroxylation is 1. The summed E-state index contributed by atoms with van der Waals surface area (Å²) >= 11 is 6.07. The maximum Gasteiger partial charge on any atom is 0.310 e. The Kier molecular flexibility index (Phi) is 3.98. The van der Waals surface area contributed by atoms with Gasteiger partial charge in [0.05, 0.1) is 5.41 Å². The zero-order valence-corrected chi connectivity index (χ0v) is 13.2. The van der Waals surface area contributed by atoms with Crippen molar-refractivity contribution in [3.8, 4) is 0 Å². The lowest BCUT2D eigenvalue weighted by Crippen LogP contribution is -2.48. The van der Waals surface area contributed by atoms with Crippen LogP contribution in [0.15, 0.2) is 18.2 Å². The Morgan fingerprint density at radius 2 is 2.33 bits per heavy atom. The van der Waals surface area contributed by atoms with Crippen LogP contribution in [0.4, 0.5) is 0 Å². The Labute approximate surface area is 130 Å². The summed E-state index contributed by atoms with van der Waals surface area (Å²) in [7, 11) is 0. The summed E-state index contributed by atoms with van der Waals surface area (Å²) in [6.07, 6.45) is 4.60. The molecule has 1 aliphatic carbocycles. The number of aliphatic carboxylic acids is 1. The minimum atomic E-state index is -0.635. The Hall–Kier alpha value is -1.06. The van der Waals surface area contributed by atoms with Gasteiger partial charge in [-0.1, -0.05) is 24.6 Å². The average Bonchev–Trinajstić information content (AvgIpc) is 2.90. The molecule has 2 unspecified atom stereocenters. The Bertz CT molecular complexity index is 560. The fraction of sp³-hybridized carbons (Fsp3) is 0.588. The van der Waals surface area contributed by atoms with E-state index in [1.807, 2.05) is 13.0 Å². The molecule has 1 aromatic carbocycles. The standard InChI is InChI=1S/C17H22ClNO2/c1-2-17(16(20)21)8-3-9-19(11-17)15-7-4-12-10-13(18)5-6-14(12)15/h5-6,10,15H,2-4,7-9,11H2,1H3,(H,20,21). The smallest absolute Gasteiger partial charge is 0.310 e. The predicted octanol–water partition coefficient (Wildman–Crippen LogP) is 3.90. The van der Waals surface area contributed by atoms with Crippen molar-refractivity contribution in [2.45, 2.75) is 45.1 Å². The highest BCUT2D eigenvalue weighted by atomic mass is 35.5. The molecule has 3 nitrogen and oxygen atoms in total. The fourth-order valence-electron chi connectivity index (χ4n) is 3.99. The highest BCUT2D eigenvalue weighted by molar-refractivity contribution is 6.30. The summed E-state index contributed by atoms with van der Waals surface area (Å²) < 4.78 is 0. The molecule has 2 atom stereocenters. The van der Waals surface area contributed by atoms with Crippen molar-refractivity contribution >= 4 is 17.6 Å². The van der Waals surface area contributed by atoms with Gasteiger partial charge in [-0.3, -0.25) is 9.69 Å². The third-order valence-electron chi connectivity index (χ3n) is 5.33. The van der Waals surface area contributed by atoms with Crippen LogP contribution in [0.5, 0.6) is 0 Å². The van der Waals surface area contributed by atoms with E-state index in [0.29, 0.717) is 19.0 Å². The number of hydrogen-bond acceptors (Lipinski definition) is 2. The number of benzene rings is 1. The van der Waals surface area contributed by atoms with Crippen LogP contribution >= 0.6 is 11.6 Å². The van der Waals surface area contributed by atoms with E-state index in [1.54, 1.807) is 0 Å². The van der Waals surface area contributed by atoms with Gasteiger partial charge in [0.2, 0.25) is 0 Å². The summed E-state index contributed by atoms with van der Waals surface area (Å²) in [5, 5.41) is 10.4. The first kappa shape index (κ1) is 14.9. The summed E-state index contributed by atoms with van der Waals surface area (Å²) in [6, 6.07) is 6.50. The molecule has 1 heterocycles. The van der Waals surface area contributed by atoms with Crippen LogP contribution in [0.1, 0.15) is 49.8 Å². The largest absolute Gasteiger partial charge is 0.481 e. The topological polar surface area (TPSA) is 40.5 Å². The number of halogens is 1. The fourth-order valence-corrected chi connectivity index (χ4v) is 4.19. The van der Waals surface area contributed by atoms with E-state index in [4.69, 9.17) is 11.6 Å². The third kappa shape index (κ3) is 2.58. The zero-order chi connectivity index (χ0) is 15.0. The van der Waals surface area contributed by atoms with Crippen molar-refractivity contribution in [2.24, 2.45) is 5.41 Å². The van der Waals surface area contributed by atoms with Crippen molar-refractivity contribution in [1.29, 1.82) is 0 Å². The normalized spacial score (nSPS) is 29.3. The number of rotatable bonds is 3. The summed E-state index contributed by atoms with van der Waals surface area (Å²) in [6.45, 7) is 3.67. The van der Waals surface area contributed by atoms with Crippen LogP contribution in [-0.4, -0.2) is 29.1 Å². The molecule has 4 heteroatoms. The van der Waals surface area contributed by atoms with Gasteiger partial charge >= 0.3 is 5.97 Å². The molecule has 0 radical (unpaired) electrons. The SMILES string of the molecule is CCC1(C(=O)O)CCCN(C2CCc3cc(Cl)ccc32)C1. The predicted molar refractivity (Wildman–Crippen MR) is 83.7 cm³/mol. The number of piperidine rings is 1. The van der Waals surface area contributed by atoms with Crippen LogP contribution in [0, 0.1) is 5.41 Å². The average molecular weight is 308 g/mol. The second kappa shape index (κ2) is 5.62. The first-order chi connectivity index (χ1) is 10.1. The molecule has 0 aromatic heterocycles. The molecule has 3 rings (SSSR count). The number of carbonyl (C=O) groups is 1. The highest BCUT2D eigenvalue weighted by Gasteiger charge is 2.43. The first-order valence-corrected chi connectivity index (χ1v) is 8.19. The van der Waals surface area contributed by atoms with Gasteiger partial charge in [0.15, 0.2) is 0 Å². The van der Waals surface area contributed by atoms with Gasteiger partial charge in [-0.2, -0.15) is 0 Å². The van der Waals surface area contributed by atoms with Crippen LogP contribution in [0.2, 0.25) is 5.02 Å². The van der Waals surface area contributed by atoms with Gasteiger partial charge in [-0.15, -0.1) is 0 Å². The van der Waals surface area contributed by atoms with Crippen molar-refractivity contribution in [3.05, 3.63) is 34.3 Å². The Morgan fingerprint density at radius 1 is 1.52 bits per heavy atom. The van der Waals surface area contributed by atoms with Crippen molar-refractivity contribution < 1.29 is 9.90 Å². The van der Waals surface area contributed by atoms with E-state index >= 15 is 0 Å². The molecule has 114 valence electrons. The molecule has 1 aliphatic heterocycles. The van der Waals surface area contributed by atoms with Gasteiger partial charge in [0, 0.05) is 17.6 Å². The zero-order valence-electron chi connectivity index (χ0n) is 12.4. The van der Waals surface area contributed by atoms with E-state index in [1.165, 1.54) is 11.1 Å². The summed E-state index contributed by atoms with van der Waals surface area (Å²) in [5.74, 6) is -0.635. The molecule has 0 bridgehead atoms. The number of hydrogen-bond donors (Lipinski definition) is 1. The van der Waals surface area contributed by atoms with E-state index < -0.39 is 11.4 Å². The second-order valence-electron chi connectivity index (χ2n) is 6.41. The van der Waals surface area contributed by atoms with Crippen LogP contribution in [-0.2, 0) is 11.2 Å². The maximum atomic E-state index is 11.7. The minimum Gasteiger partial charge on any atom is -0.481 e. The highest BCUT2D eigenvalue weighted by Crippen LogP contribution is 2.42. The Balaban J connectivity index is 1.84.